The minimum absolute atomic E-state index is 0.0558. The fourth-order valence-corrected chi connectivity index (χ4v) is 3.49. The molecule has 0 spiro atoms. The monoisotopic (exact) mass is 307 g/mol. The van der Waals surface area contributed by atoms with Crippen LogP contribution in [0.3, 0.4) is 0 Å². The molecule has 1 heterocycles. The smallest absolute Gasteiger partial charge is 0.326 e. The lowest BCUT2D eigenvalue weighted by Crippen LogP contribution is -2.48. The van der Waals surface area contributed by atoms with E-state index in [4.69, 9.17) is 0 Å². The van der Waals surface area contributed by atoms with Crippen LogP contribution >= 0.6 is 11.8 Å². The zero-order chi connectivity index (χ0) is 15.2. The number of hydrogen-bond donors (Lipinski definition) is 1. The molecular weight excluding hydrogens is 286 g/mol. The van der Waals surface area contributed by atoms with Crippen LogP contribution in [0.1, 0.15) is 30.4 Å². The largest absolute Gasteiger partial charge is 0.480 e. The molecule has 0 aliphatic carbocycles. The molecule has 1 fully saturated rings. The van der Waals surface area contributed by atoms with Gasteiger partial charge in [0, 0.05) is 12.3 Å². The molecule has 1 amide bonds. The predicted octanol–water partition coefficient (Wildman–Crippen LogP) is 2.69. The average molecular weight is 307 g/mol. The number of hydrogen-bond acceptors (Lipinski definition) is 3. The number of nitrogens with zero attached hydrogens (tertiary/aromatic N) is 1. The Labute approximate surface area is 129 Å². The summed E-state index contributed by atoms with van der Waals surface area (Å²) in [5.74, 6) is 0.183. The van der Waals surface area contributed by atoms with E-state index in [0.29, 0.717) is 18.7 Å². The summed E-state index contributed by atoms with van der Waals surface area (Å²) in [6.45, 7) is 2.62. The highest BCUT2D eigenvalue weighted by Gasteiger charge is 2.31. The number of thioether (sulfide) groups is 1. The van der Waals surface area contributed by atoms with Crippen LogP contribution in [-0.2, 0) is 15.3 Å². The van der Waals surface area contributed by atoms with E-state index in [1.54, 1.807) is 11.8 Å². The molecule has 2 rings (SSSR count). The van der Waals surface area contributed by atoms with E-state index in [1.165, 1.54) is 16.0 Å². The van der Waals surface area contributed by atoms with E-state index >= 15 is 0 Å². The molecule has 1 aliphatic rings. The molecule has 0 saturated carbocycles. The molecule has 21 heavy (non-hydrogen) atoms. The number of aryl methyl sites for hydroxylation is 1. The van der Waals surface area contributed by atoms with E-state index < -0.39 is 12.0 Å². The normalized spacial score (nSPS) is 18.5. The van der Waals surface area contributed by atoms with Gasteiger partial charge in [-0.3, -0.25) is 4.79 Å². The number of carbonyl (C=O) groups is 2. The van der Waals surface area contributed by atoms with Gasteiger partial charge in [-0.15, -0.1) is 11.8 Å². The van der Waals surface area contributed by atoms with Crippen molar-refractivity contribution < 1.29 is 14.7 Å². The van der Waals surface area contributed by atoms with Gasteiger partial charge in [0.05, 0.1) is 5.75 Å². The lowest BCUT2D eigenvalue weighted by atomic mass is 10.0. The van der Waals surface area contributed by atoms with Crippen molar-refractivity contribution in [2.75, 3.05) is 12.3 Å². The number of piperidine rings is 1. The first-order valence-electron chi connectivity index (χ1n) is 7.23. The van der Waals surface area contributed by atoms with Crippen molar-refractivity contribution in [3.63, 3.8) is 0 Å². The van der Waals surface area contributed by atoms with Gasteiger partial charge in [-0.2, -0.15) is 0 Å². The number of likely N-dealkylation sites (tertiary alicyclic amines) is 1. The third-order valence-electron chi connectivity index (χ3n) is 3.68. The van der Waals surface area contributed by atoms with Crippen LogP contribution < -0.4 is 0 Å². The summed E-state index contributed by atoms with van der Waals surface area (Å²) < 4.78 is 0. The van der Waals surface area contributed by atoms with E-state index in [1.807, 2.05) is 25.1 Å². The molecule has 0 unspecified atom stereocenters. The molecule has 1 aromatic carbocycles. The highest BCUT2D eigenvalue weighted by Crippen LogP contribution is 2.20. The third kappa shape index (κ3) is 4.49. The summed E-state index contributed by atoms with van der Waals surface area (Å²) in [4.78, 5) is 24.9. The van der Waals surface area contributed by atoms with Crippen LogP contribution in [0.4, 0.5) is 0 Å². The number of amides is 1. The number of carbonyl (C=O) groups excluding carboxylic acids is 1. The van der Waals surface area contributed by atoms with Crippen LogP contribution in [0.5, 0.6) is 0 Å². The molecule has 1 aliphatic heterocycles. The third-order valence-corrected chi connectivity index (χ3v) is 4.67. The number of rotatable bonds is 5. The van der Waals surface area contributed by atoms with Crippen molar-refractivity contribution in [1.82, 2.24) is 4.90 Å². The lowest BCUT2D eigenvalue weighted by Gasteiger charge is -2.32. The first-order valence-corrected chi connectivity index (χ1v) is 8.39. The van der Waals surface area contributed by atoms with Crippen LogP contribution in [0, 0.1) is 6.92 Å². The van der Waals surface area contributed by atoms with Gasteiger partial charge in [-0.05, 0) is 31.7 Å². The summed E-state index contributed by atoms with van der Waals surface area (Å²) in [7, 11) is 0. The van der Waals surface area contributed by atoms with Gasteiger partial charge in [-0.1, -0.05) is 29.8 Å². The highest BCUT2D eigenvalue weighted by atomic mass is 32.2. The second kappa shape index (κ2) is 7.50. The van der Waals surface area contributed by atoms with Gasteiger partial charge in [0.2, 0.25) is 5.91 Å². The summed E-state index contributed by atoms with van der Waals surface area (Å²) in [5.41, 5.74) is 2.41. The SMILES string of the molecule is Cc1cccc(CSCC(=O)N2CCCC[C@H]2C(=O)O)c1. The van der Waals surface area contributed by atoms with Gasteiger partial charge in [0.15, 0.2) is 0 Å². The molecule has 1 aromatic rings. The molecule has 0 aromatic heterocycles. The first-order chi connectivity index (χ1) is 10.1. The molecule has 0 bridgehead atoms. The Morgan fingerprint density at radius 2 is 2.19 bits per heavy atom. The standard InChI is InChI=1S/C16H21NO3S/c1-12-5-4-6-13(9-12)10-21-11-15(18)17-8-3-2-7-14(17)16(19)20/h4-6,9,14H,2-3,7-8,10-11H2,1H3,(H,19,20)/t14-/m0/s1. The minimum Gasteiger partial charge on any atom is -0.480 e. The maximum Gasteiger partial charge on any atom is 0.326 e. The Morgan fingerprint density at radius 3 is 2.90 bits per heavy atom. The number of benzene rings is 1. The van der Waals surface area contributed by atoms with Gasteiger partial charge in [-0.25, -0.2) is 4.79 Å². The van der Waals surface area contributed by atoms with Crippen LogP contribution in [0.25, 0.3) is 0 Å². The molecule has 114 valence electrons. The second-order valence-electron chi connectivity index (χ2n) is 5.42. The van der Waals surface area contributed by atoms with Crippen molar-refractivity contribution in [3.8, 4) is 0 Å². The molecular formula is C16H21NO3S. The quantitative estimate of drug-likeness (QED) is 0.908. The molecule has 4 nitrogen and oxygen atoms in total. The van der Waals surface area contributed by atoms with E-state index in [2.05, 4.69) is 6.07 Å². The Bertz CT molecular complexity index is 518. The molecule has 1 N–H and O–H groups in total. The molecule has 0 radical (unpaired) electrons. The van der Waals surface area contributed by atoms with E-state index in [0.717, 1.165) is 18.6 Å². The van der Waals surface area contributed by atoms with Crippen molar-refractivity contribution in [2.45, 2.75) is 38.0 Å². The fourth-order valence-electron chi connectivity index (χ4n) is 2.63. The number of aliphatic carboxylic acids is 1. The molecule has 1 saturated heterocycles. The summed E-state index contributed by atoms with van der Waals surface area (Å²) >= 11 is 1.55. The molecule has 1 atom stereocenters. The Morgan fingerprint density at radius 1 is 1.38 bits per heavy atom. The van der Waals surface area contributed by atoms with Gasteiger partial charge >= 0.3 is 5.97 Å². The van der Waals surface area contributed by atoms with Crippen molar-refractivity contribution in [3.05, 3.63) is 35.4 Å². The minimum atomic E-state index is -0.883. The van der Waals surface area contributed by atoms with Crippen LogP contribution in [0.2, 0.25) is 0 Å². The molecule has 5 heteroatoms. The maximum atomic E-state index is 12.2. The van der Waals surface area contributed by atoms with Crippen molar-refractivity contribution in [2.24, 2.45) is 0 Å². The van der Waals surface area contributed by atoms with Crippen molar-refractivity contribution in [1.29, 1.82) is 0 Å². The maximum absolute atomic E-state index is 12.2. The van der Waals surface area contributed by atoms with Gasteiger partial charge in [0.25, 0.3) is 0 Å². The Hall–Kier alpha value is -1.49. The van der Waals surface area contributed by atoms with Crippen LogP contribution in [0.15, 0.2) is 24.3 Å². The Kier molecular flexibility index (Phi) is 5.67. The summed E-state index contributed by atoms with van der Waals surface area (Å²) in [5, 5.41) is 9.19. The topological polar surface area (TPSA) is 57.6 Å². The second-order valence-corrected chi connectivity index (χ2v) is 6.40. The lowest BCUT2D eigenvalue weighted by molar-refractivity contribution is -0.150. The fraction of sp³-hybridized carbons (Fsp3) is 0.500. The predicted molar refractivity (Wildman–Crippen MR) is 84.3 cm³/mol. The van der Waals surface area contributed by atoms with E-state index in [9.17, 15) is 14.7 Å². The number of carboxylic acid groups (broad SMARTS) is 1. The summed E-state index contributed by atoms with van der Waals surface area (Å²) in [6.07, 6.45) is 2.36. The van der Waals surface area contributed by atoms with E-state index in [-0.39, 0.29) is 5.91 Å². The zero-order valence-electron chi connectivity index (χ0n) is 12.2. The first kappa shape index (κ1) is 15.9. The Balaban J connectivity index is 1.84. The summed E-state index contributed by atoms with van der Waals surface area (Å²) in [6, 6.07) is 7.58. The zero-order valence-corrected chi connectivity index (χ0v) is 13.1. The average Bonchev–Trinajstić information content (AvgIpc) is 2.47. The van der Waals surface area contributed by atoms with Crippen LogP contribution in [-0.4, -0.2) is 40.2 Å². The number of carboxylic acids is 1. The highest BCUT2D eigenvalue weighted by molar-refractivity contribution is 7.99. The van der Waals surface area contributed by atoms with Gasteiger partial charge < -0.3 is 10.0 Å². The van der Waals surface area contributed by atoms with Gasteiger partial charge in [0.1, 0.15) is 6.04 Å². The van der Waals surface area contributed by atoms with Crippen molar-refractivity contribution >= 4 is 23.6 Å².